The second kappa shape index (κ2) is 7.60. The van der Waals surface area contributed by atoms with Crippen LogP contribution in [0.1, 0.15) is 28.2 Å². The van der Waals surface area contributed by atoms with Crippen LogP contribution in [0.15, 0.2) is 30.3 Å². The van der Waals surface area contributed by atoms with Gasteiger partial charge in [-0.25, -0.2) is 0 Å². The highest BCUT2D eigenvalue weighted by atomic mass is 35.5. The van der Waals surface area contributed by atoms with E-state index in [1.54, 1.807) is 0 Å². The van der Waals surface area contributed by atoms with Crippen molar-refractivity contribution in [2.24, 2.45) is 5.73 Å². The lowest BCUT2D eigenvalue weighted by atomic mass is 10.2. The number of hydrogen-bond donors (Lipinski definition) is 1. The molecule has 2 aromatic rings. The Hall–Kier alpha value is -1.82. The van der Waals surface area contributed by atoms with Gasteiger partial charge in [0, 0.05) is 48.3 Å². The number of amides is 1. The second-order valence-electron chi connectivity index (χ2n) is 6.43. The summed E-state index contributed by atoms with van der Waals surface area (Å²) in [5, 5.41) is 0.674. The molecule has 2 N–H and O–H groups in total. The van der Waals surface area contributed by atoms with Crippen molar-refractivity contribution in [3.8, 4) is 5.69 Å². The summed E-state index contributed by atoms with van der Waals surface area (Å²) in [6.45, 7) is 6.26. The van der Waals surface area contributed by atoms with Crippen molar-refractivity contribution in [1.29, 1.82) is 0 Å². The van der Waals surface area contributed by atoms with E-state index in [9.17, 15) is 4.79 Å². The standard InChI is InChI=1S/C19H24ClN3O2/c1-13-9-18(14(2)23(13)16-6-3-5-15(20)10-16)19(24)22-7-4-8-25-17(11-21)12-22/h3,5-6,9-10,17H,4,7-8,11-12,21H2,1-2H3. The summed E-state index contributed by atoms with van der Waals surface area (Å²) < 4.78 is 7.73. The molecule has 1 aliphatic heterocycles. The van der Waals surface area contributed by atoms with Crippen molar-refractivity contribution in [3.63, 3.8) is 0 Å². The maximum atomic E-state index is 13.1. The van der Waals surface area contributed by atoms with Gasteiger partial charge in [-0.05, 0) is 44.5 Å². The van der Waals surface area contributed by atoms with Gasteiger partial charge in [-0.15, -0.1) is 0 Å². The molecule has 1 atom stereocenters. The molecular weight excluding hydrogens is 338 g/mol. The monoisotopic (exact) mass is 361 g/mol. The van der Waals surface area contributed by atoms with Gasteiger partial charge in [0.05, 0.1) is 11.7 Å². The number of benzene rings is 1. The van der Waals surface area contributed by atoms with Gasteiger partial charge in [0.25, 0.3) is 5.91 Å². The summed E-state index contributed by atoms with van der Waals surface area (Å²) in [4.78, 5) is 14.9. The molecule has 3 rings (SSSR count). The van der Waals surface area contributed by atoms with E-state index in [1.165, 1.54) is 0 Å². The molecule has 0 radical (unpaired) electrons. The van der Waals surface area contributed by atoms with Gasteiger partial charge >= 0.3 is 0 Å². The van der Waals surface area contributed by atoms with Crippen LogP contribution in [0.25, 0.3) is 5.69 Å². The van der Waals surface area contributed by atoms with E-state index in [4.69, 9.17) is 22.1 Å². The van der Waals surface area contributed by atoms with Gasteiger partial charge in [-0.1, -0.05) is 17.7 Å². The Kier molecular flexibility index (Phi) is 5.47. The number of ether oxygens (including phenoxy) is 1. The number of hydrogen-bond acceptors (Lipinski definition) is 3. The highest BCUT2D eigenvalue weighted by molar-refractivity contribution is 6.30. The SMILES string of the molecule is Cc1cc(C(=O)N2CCCOC(CN)C2)c(C)n1-c1cccc(Cl)c1. The van der Waals surface area contributed by atoms with Gasteiger partial charge in [0.2, 0.25) is 0 Å². The summed E-state index contributed by atoms with van der Waals surface area (Å²) in [6.07, 6.45) is 0.734. The average Bonchev–Trinajstić information content (AvgIpc) is 2.77. The summed E-state index contributed by atoms with van der Waals surface area (Å²) in [6, 6.07) is 9.59. The van der Waals surface area contributed by atoms with E-state index < -0.39 is 0 Å². The molecule has 0 aliphatic carbocycles. The van der Waals surface area contributed by atoms with Crippen LogP contribution in [0.2, 0.25) is 5.02 Å². The molecule has 1 aromatic carbocycles. The molecule has 6 heteroatoms. The molecule has 1 saturated heterocycles. The first-order chi connectivity index (χ1) is 12.0. The molecule has 25 heavy (non-hydrogen) atoms. The van der Waals surface area contributed by atoms with Crippen LogP contribution >= 0.6 is 11.6 Å². The fraction of sp³-hybridized carbons (Fsp3) is 0.421. The number of rotatable bonds is 3. The third-order valence-electron chi connectivity index (χ3n) is 4.63. The minimum absolute atomic E-state index is 0.0327. The van der Waals surface area contributed by atoms with Crippen molar-refractivity contribution in [3.05, 3.63) is 52.3 Å². The molecule has 1 unspecified atom stereocenters. The largest absolute Gasteiger partial charge is 0.375 e. The van der Waals surface area contributed by atoms with E-state index in [1.807, 2.05) is 49.1 Å². The third kappa shape index (κ3) is 3.73. The number of halogens is 1. The van der Waals surface area contributed by atoms with Crippen LogP contribution < -0.4 is 5.73 Å². The highest BCUT2D eigenvalue weighted by Gasteiger charge is 2.25. The molecule has 0 saturated carbocycles. The summed E-state index contributed by atoms with van der Waals surface area (Å²) in [7, 11) is 0. The number of nitrogens with two attached hydrogens (primary N) is 1. The second-order valence-corrected chi connectivity index (χ2v) is 6.87. The van der Waals surface area contributed by atoms with Crippen molar-refractivity contribution in [2.45, 2.75) is 26.4 Å². The Bertz CT molecular complexity index is 772. The van der Waals surface area contributed by atoms with Crippen LogP contribution in [-0.4, -0.2) is 47.7 Å². The predicted molar refractivity (Wildman–Crippen MR) is 99.6 cm³/mol. The molecule has 1 aromatic heterocycles. The van der Waals surface area contributed by atoms with Crippen LogP contribution in [0.3, 0.4) is 0 Å². The number of nitrogens with zero attached hydrogens (tertiary/aromatic N) is 2. The first-order valence-electron chi connectivity index (χ1n) is 8.57. The third-order valence-corrected chi connectivity index (χ3v) is 4.86. The first-order valence-corrected chi connectivity index (χ1v) is 8.95. The van der Waals surface area contributed by atoms with E-state index in [0.717, 1.165) is 29.1 Å². The quantitative estimate of drug-likeness (QED) is 0.914. The zero-order valence-corrected chi connectivity index (χ0v) is 15.4. The van der Waals surface area contributed by atoms with Gasteiger partial charge < -0.3 is 19.9 Å². The van der Waals surface area contributed by atoms with Crippen molar-refractivity contribution < 1.29 is 9.53 Å². The molecule has 5 nitrogen and oxygen atoms in total. The first kappa shape index (κ1) is 18.0. The summed E-state index contributed by atoms with van der Waals surface area (Å²) in [5.74, 6) is 0.0327. The molecule has 2 heterocycles. The van der Waals surface area contributed by atoms with Gasteiger partial charge in [-0.3, -0.25) is 4.79 Å². The lowest BCUT2D eigenvalue weighted by molar-refractivity contribution is 0.0520. The minimum Gasteiger partial charge on any atom is -0.375 e. The van der Waals surface area contributed by atoms with Crippen molar-refractivity contribution in [1.82, 2.24) is 9.47 Å². The number of aryl methyl sites for hydroxylation is 1. The lowest BCUT2D eigenvalue weighted by Crippen LogP contribution is -2.39. The molecule has 134 valence electrons. The number of carbonyl (C=O) groups is 1. The Morgan fingerprint density at radius 3 is 2.88 bits per heavy atom. The van der Waals surface area contributed by atoms with Gasteiger partial charge in [0.1, 0.15) is 0 Å². The Balaban J connectivity index is 1.93. The fourth-order valence-corrected chi connectivity index (χ4v) is 3.57. The van der Waals surface area contributed by atoms with E-state index in [0.29, 0.717) is 31.3 Å². The van der Waals surface area contributed by atoms with Crippen LogP contribution in [0.4, 0.5) is 0 Å². The smallest absolute Gasteiger partial charge is 0.255 e. The molecule has 1 aliphatic rings. The zero-order chi connectivity index (χ0) is 18.0. The molecular formula is C19H24ClN3O2. The topological polar surface area (TPSA) is 60.5 Å². The zero-order valence-electron chi connectivity index (χ0n) is 14.7. The molecule has 1 fully saturated rings. The molecule has 0 bridgehead atoms. The Morgan fingerprint density at radius 1 is 1.36 bits per heavy atom. The Labute approximate surface area is 153 Å². The van der Waals surface area contributed by atoms with Crippen molar-refractivity contribution >= 4 is 17.5 Å². The van der Waals surface area contributed by atoms with E-state index in [2.05, 4.69) is 4.57 Å². The van der Waals surface area contributed by atoms with Crippen molar-refractivity contribution in [2.75, 3.05) is 26.2 Å². The summed E-state index contributed by atoms with van der Waals surface area (Å²) >= 11 is 6.13. The fourth-order valence-electron chi connectivity index (χ4n) is 3.38. The maximum absolute atomic E-state index is 13.1. The lowest BCUT2D eigenvalue weighted by Gasteiger charge is -2.23. The van der Waals surface area contributed by atoms with Crippen LogP contribution in [-0.2, 0) is 4.74 Å². The normalized spacial score (nSPS) is 18.2. The average molecular weight is 362 g/mol. The van der Waals surface area contributed by atoms with Gasteiger partial charge in [-0.2, -0.15) is 0 Å². The predicted octanol–water partition coefficient (Wildman–Crippen LogP) is 2.94. The maximum Gasteiger partial charge on any atom is 0.255 e. The highest BCUT2D eigenvalue weighted by Crippen LogP contribution is 2.24. The molecule has 0 spiro atoms. The number of carbonyl (C=O) groups excluding carboxylic acids is 1. The van der Waals surface area contributed by atoms with Crippen LogP contribution in [0, 0.1) is 13.8 Å². The Morgan fingerprint density at radius 2 is 2.16 bits per heavy atom. The van der Waals surface area contributed by atoms with E-state index >= 15 is 0 Å². The number of aromatic nitrogens is 1. The minimum atomic E-state index is -0.0946. The van der Waals surface area contributed by atoms with Gasteiger partial charge in [0.15, 0.2) is 0 Å². The summed E-state index contributed by atoms with van der Waals surface area (Å²) in [5.41, 5.74) is 9.34. The van der Waals surface area contributed by atoms with E-state index in [-0.39, 0.29) is 12.0 Å². The molecule has 1 amide bonds. The van der Waals surface area contributed by atoms with Crippen LogP contribution in [0.5, 0.6) is 0 Å².